The number of esters is 1. The van der Waals surface area contributed by atoms with Gasteiger partial charge in [-0.15, -0.1) is 0 Å². The van der Waals surface area contributed by atoms with Gasteiger partial charge in [0.2, 0.25) is 15.8 Å². The number of carboxylic acids is 1. The number of sulfonamides is 1. The first-order valence-electron chi connectivity index (χ1n) is 10.1. The largest absolute Gasteiger partial charge is 0.492 e. The molecular formula is C23H22N2O9S. The predicted molar refractivity (Wildman–Crippen MR) is 124 cm³/mol. The number of rotatable bonds is 9. The average Bonchev–Trinajstić information content (AvgIpc) is 2.81. The first-order valence-corrected chi connectivity index (χ1v) is 11.6. The lowest BCUT2D eigenvalue weighted by molar-refractivity contribution is -0.145. The first kappa shape index (κ1) is 25.6. The van der Waals surface area contributed by atoms with Crippen LogP contribution in [-0.4, -0.2) is 70.9 Å². The summed E-state index contributed by atoms with van der Waals surface area (Å²) in [6, 6.07) is 7.87. The van der Waals surface area contributed by atoms with Gasteiger partial charge < -0.3 is 19.5 Å². The van der Waals surface area contributed by atoms with E-state index < -0.39 is 46.2 Å². The molecule has 12 heteroatoms. The Kier molecular flexibility index (Phi) is 7.37. The van der Waals surface area contributed by atoms with Gasteiger partial charge in [0.15, 0.2) is 11.8 Å². The van der Waals surface area contributed by atoms with E-state index in [1.807, 2.05) is 15.7 Å². The molecule has 0 saturated carbocycles. The Morgan fingerprint density at radius 1 is 1.06 bits per heavy atom. The third-order valence-corrected chi connectivity index (χ3v) is 6.61. The Bertz CT molecular complexity index is 1390. The smallest absolute Gasteiger partial charge is 0.338 e. The Morgan fingerprint density at radius 3 is 2.34 bits per heavy atom. The molecule has 2 N–H and O–H groups in total. The topological polar surface area (TPSA) is 156 Å². The second-order valence-electron chi connectivity index (χ2n) is 7.64. The van der Waals surface area contributed by atoms with Gasteiger partial charge in [-0.05, 0) is 18.2 Å². The van der Waals surface area contributed by atoms with Gasteiger partial charge in [-0.25, -0.2) is 13.2 Å². The fourth-order valence-electron chi connectivity index (χ4n) is 3.38. The number of benzene rings is 2. The highest BCUT2D eigenvalue weighted by atomic mass is 32.2. The van der Waals surface area contributed by atoms with Gasteiger partial charge in [-0.1, -0.05) is 24.3 Å². The zero-order valence-electron chi connectivity index (χ0n) is 19.0. The fraction of sp³-hybridized carbons (Fsp3) is 0.217. The molecular weight excluding hydrogens is 480 g/mol. The van der Waals surface area contributed by atoms with Gasteiger partial charge in [-0.2, -0.15) is 4.72 Å². The molecule has 184 valence electrons. The minimum absolute atomic E-state index is 0.150. The average molecular weight is 503 g/mol. The first-order chi connectivity index (χ1) is 16.5. The SMILES string of the molecule is COC1=CC(C(=O)OC[C@H](NS(=O)(=O)c2cccc3c(N(C)C)cccc23)C(=O)O)=CC(=O)C1=O. The van der Waals surface area contributed by atoms with E-state index in [2.05, 4.69) is 0 Å². The van der Waals surface area contributed by atoms with Gasteiger partial charge >= 0.3 is 11.9 Å². The van der Waals surface area contributed by atoms with Crippen LogP contribution in [0.15, 0.2) is 64.8 Å². The minimum atomic E-state index is -4.36. The van der Waals surface area contributed by atoms with E-state index in [0.717, 1.165) is 24.9 Å². The third kappa shape index (κ3) is 5.39. The van der Waals surface area contributed by atoms with Crippen molar-refractivity contribution in [2.24, 2.45) is 0 Å². The van der Waals surface area contributed by atoms with E-state index in [0.29, 0.717) is 10.8 Å². The van der Waals surface area contributed by atoms with Gasteiger partial charge in [0.05, 0.1) is 17.6 Å². The third-order valence-electron chi connectivity index (χ3n) is 5.08. The summed E-state index contributed by atoms with van der Waals surface area (Å²) in [5.41, 5.74) is 0.421. The molecule has 0 heterocycles. The number of methoxy groups -OCH3 is 1. The molecule has 11 nitrogen and oxygen atoms in total. The Hall–Kier alpha value is -4.03. The number of nitrogens with one attached hydrogen (secondary N) is 1. The quantitative estimate of drug-likeness (QED) is 0.285. The van der Waals surface area contributed by atoms with Crippen LogP contribution in [0.4, 0.5) is 5.69 Å². The number of carbonyl (C=O) groups excluding carboxylic acids is 3. The number of ether oxygens (including phenoxy) is 2. The number of hydrogen-bond donors (Lipinski definition) is 2. The molecule has 0 amide bonds. The van der Waals surface area contributed by atoms with Crippen molar-refractivity contribution in [1.82, 2.24) is 4.72 Å². The van der Waals surface area contributed by atoms with Crippen LogP contribution >= 0.6 is 0 Å². The second-order valence-corrected chi connectivity index (χ2v) is 9.32. The van der Waals surface area contributed by atoms with Crippen LogP contribution in [0.1, 0.15) is 0 Å². The molecule has 0 saturated heterocycles. The van der Waals surface area contributed by atoms with Gasteiger partial charge in [0.25, 0.3) is 5.78 Å². The van der Waals surface area contributed by atoms with Crippen LogP contribution in [0.3, 0.4) is 0 Å². The number of hydrogen-bond acceptors (Lipinski definition) is 9. The van der Waals surface area contributed by atoms with Gasteiger partial charge in [0, 0.05) is 36.6 Å². The molecule has 0 spiro atoms. The monoisotopic (exact) mass is 502 g/mol. The molecule has 0 aromatic heterocycles. The van der Waals surface area contributed by atoms with Gasteiger partial charge in [0.1, 0.15) is 6.61 Å². The van der Waals surface area contributed by atoms with E-state index >= 15 is 0 Å². The molecule has 1 aliphatic carbocycles. The van der Waals surface area contributed by atoms with Crippen molar-refractivity contribution in [1.29, 1.82) is 0 Å². The number of Topliss-reactive ketones (excluding diaryl/α,β-unsaturated/α-hetero) is 1. The molecule has 2 aromatic rings. The molecule has 2 aromatic carbocycles. The Morgan fingerprint density at radius 2 is 1.71 bits per heavy atom. The molecule has 0 unspecified atom stereocenters. The summed E-state index contributed by atoms with van der Waals surface area (Å²) in [5, 5.41) is 10.5. The van der Waals surface area contributed by atoms with Crippen LogP contribution < -0.4 is 9.62 Å². The van der Waals surface area contributed by atoms with Crippen LogP contribution in [0.5, 0.6) is 0 Å². The number of nitrogens with zero attached hydrogens (tertiary/aromatic N) is 1. The molecule has 1 atom stereocenters. The highest BCUT2D eigenvalue weighted by Gasteiger charge is 2.30. The van der Waals surface area contributed by atoms with Crippen molar-refractivity contribution in [3.05, 3.63) is 59.9 Å². The van der Waals surface area contributed by atoms with Crippen molar-refractivity contribution in [2.75, 3.05) is 32.7 Å². The maximum atomic E-state index is 13.1. The summed E-state index contributed by atoms with van der Waals surface area (Å²) in [5.74, 6) is -5.07. The normalized spacial score (nSPS) is 14.7. The Balaban J connectivity index is 1.83. The van der Waals surface area contributed by atoms with Crippen LogP contribution in [0.2, 0.25) is 0 Å². The minimum Gasteiger partial charge on any atom is -0.492 e. The molecule has 1 aliphatic rings. The zero-order valence-corrected chi connectivity index (χ0v) is 19.8. The van der Waals surface area contributed by atoms with Crippen molar-refractivity contribution < 1.29 is 42.2 Å². The van der Waals surface area contributed by atoms with E-state index in [-0.39, 0.29) is 16.2 Å². The maximum Gasteiger partial charge on any atom is 0.338 e. The molecule has 0 bridgehead atoms. The summed E-state index contributed by atoms with van der Waals surface area (Å²) in [6.45, 7) is -0.878. The van der Waals surface area contributed by atoms with E-state index in [9.17, 15) is 32.7 Å². The van der Waals surface area contributed by atoms with E-state index in [1.165, 1.54) is 12.1 Å². The van der Waals surface area contributed by atoms with Crippen molar-refractivity contribution >= 4 is 50.0 Å². The van der Waals surface area contributed by atoms with Crippen molar-refractivity contribution in [2.45, 2.75) is 10.9 Å². The Labute approximate surface area is 200 Å². The number of carboxylic acid groups (broad SMARTS) is 1. The second kappa shape index (κ2) is 10.1. The fourth-order valence-corrected chi connectivity index (χ4v) is 4.78. The summed E-state index contributed by atoms with van der Waals surface area (Å²) >= 11 is 0. The number of carbonyl (C=O) groups is 4. The lowest BCUT2D eigenvalue weighted by Gasteiger charge is -2.19. The number of ketones is 2. The van der Waals surface area contributed by atoms with Crippen molar-refractivity contribution in [3.8, 4) is 0 Å². The number of anilines is 1. The molecule has 0 fully saturated rings. The van der Waals surface area contributed by atoms with Crippen LogP contribution in [0.25, 0.3) is 10.8 Å². The predicted octanol–water partition coefficient (Wildman–Crippen LogP) is 0.789. The van der Waals surface area contributed by atoms with Crippen LogP contribution in [-0.2, 0) is 38.7 Å². The lowest BCUT2D eigenvalue weighted by Crippen LogP contribution is -2.44. The highest BCUT2D eigenvalue weighted by molar-refractivity contribution is 7.89. The molecule has 3 rings (SSSR count). The zero-order chi connectivity index (χ0) is 25.9. The number of aliphatic carboxylic acids is 1. The summed E-state index contributed by atoms with van der Waals surface area (Å²) in [4.78, 5) is 49.0. The maximum absolute atomic E-state index is 13.1. The lowest BCUT2D eigenvalue weighted by atomic mass is 10.0. The summed E-state index contributed by atoms with van der Waals surface area (Å²) in [7, 11) is 0.382. The van der Waals surface area contributed by atoms with E-state index in [1.54, 1.807) is 32.3 Å². The van der Waals surface area contributed by atoms with Crippen LogP contribution in [0, 0.1) is 0 Å². The molecule has 0 aliphatic heterocycles. The van der Waals surface area contributed by atoms with E-state index in [4.69, 9.17) is 9.47 Å². The molecule has 35 heavy (non-hydrogen) atoms. The highest BCUT2D eigenvalue weighted by Crippen LogP contribution is 2.30. The summed E-state index contributed by atoms with van der Waals surface area (Å²) in [6.07, 6.45) is 1.70. The van der Waals surface area contributed by atoms with Gasteiger partial charge in [-0.3, -0.25) is 14.4 Å². The number of allylic oxidation sites excluding steroid dienone is 2. The summed E-state index contributed by atoms with van der Waals surface area (Å²) < 4.78 is 37.9. The molecule has 0 radical (unpaired) electrons. The van der Waals surface area contributed by atoms with Crippen molar-refractivity contribution in [3.63, 3.8) is 0 Å². The standard InChI is InChI=1S/C23H22N2O9S/c1-25(2)17-8-4-7-15-14(17)6-5-9-20(15)35(31,32)24-16(22(28)29)12-34-23(30)13-10-18(26)21(27)19(11-13)33-3/h4-11,16,24H,12H2,1-3H3,(H,28,29)/t16-/m0/s1. The number of fused-ring (bicyclic) bond motifs is 1.